The second kappa shape index (κ2) is 9.95. The number of anilines is 1. The molecule has 1 atom stereocenters. The summed E-state index contributed by atoms with van der Waals surface area (Å²) in [4.78, 5) is 46.9. The maximum atomic E-state index is 11.8. The molecule has 0 saturated carbocycles. The summed E-state index contributed by atoms with van der Waals surface area (Å²) in [5, 5.41) is 10.8. The molecule has 0 aliphatic rings. The van der Waals surface area contributed by atoms with Crippen LogP contribution in [0.4, 0.5) is 10.6 Å². The third-order valence-corrected chi connectivity index (χ3v) is 3.66. The number of hydrogen-bond donors (Lipinski definition) is 3. The Balaban J connectivity index is 2.27. The summed E-state index contributed by atoms with van der Waals surface area (Å²) in [7, 11) is 0. The number of imide groups is 1. The summed E-state index contributed by atoms with van der Waals surface area (Å²) in [5.74, 6) is -1.06. The van der Waals surface area contributed by atoms with Gasteiger partial charge in [0.05, 0.1) is 11.5 Å². The van der Waals surface area contributed by atoms with Gasteiger partial charge in [-0.15, -0.1) is 11.8 Å². The number of urea groups is 1. The Bertz CT molecular complexity index is 697. The van der Waals surface area contributed by atoms with E-state index in [1.54, 1.807) is 33.8 Å². The minimum Gasteiger partial charge on any atom is -0.452 e. The van der Waals surface area contributed by atoms with Crippen molar-refractivity contribution >= 4 is 41.4 Å². The number of ether oxygens (including phenoxy) is 1. The number of thioether (sulfide) groups is 1. The molecule has 27 heavy (non-hydrogen) atoms. The van der Waals surface area contributed by atoms with Gasteiger partial charge in [0.2, 0.25) is 5.91 Å². The predicted octanol–water partition coefficient (Wildman–Crippen LogP) is 1.21. The first-order valence-corrected chi connectivity index (χ1v) is 9.25. The van der Waals surface area contributed by atoms with E-state index >= 15 is 0 Å². The first kappa shape index (κ1) is 22.5. The van der Waals surface area contributed by atoms with Crippen LogP contribution in [0.3, 0.4) is 0 Å². The smallest absolute Gasteiger partial charge is 0.321 e. The highest BCUT2D eigenvalue weighted by molar-refractivity contribution is 8.00. The summed E-state index contributed by atoms with van der Waals surface area (Å²) in [6, 6.07) is 0.886. The van der Waals surface area contributed by atoms with E-state index in [-0.39, 0.29) is 17.4 Å². The molecule has 0 aliphatic heterocycles. The van der Waals surface area contributed by atoms with Gasteiger partial charge in [0.1, 0.15) is 5.76 Å². The van der Waals surface area contributed by atoms with Crippen molar-refractivity contribution in [3.8, 4) is 0 Å². The number of hydrogen-bond acceptors (Lipinski definition) is 8. The van der Waals surface area contributed by atoms with E-state index in [1.165, 1.54) is 6.92 Å². The Morgan fingerprint density at radius 3 is 2.48 bits per heavy atom. The number of rotatable bonds is 7. The van der Waals surface area contributed by atoms with Gasteiger partial charge in [-0.3, -0.25) is 19.7 Å². The largest absolute Gasteiger partial charge is 0.452 e. The third kappa shape index (κ3) is 9.64. The summed E-state index contributed by atoms with van der Waals surface area (Å²) in [5.41, 5.74) is -0.508. The van der Waals surface area contributed by atoms with Gasteiger partial charge in [-0.1, -0.05) is 5.16 Å². The highest BCUT2D eigenvalue weighted by atomic mass is 32.2. The average molecular weight is 400 g/mol. The molecule has 1 aromatic rings. The maximum Gasteiger partial charge on any atom is 0.321 e. The summed E-state index contributed by atoms with van der Waals surface area (Å²) >= 11 is 1.02. The Morgan fingerprint density at radius 1 is 1.26 bits per heavy atom. The number of carbonyl (C=O) groups is 4. The van der Waals surface area contributed by atoms with Gasteiger partial charge in [0.25, 0.3) is 5.91 Å². The highest BCUT2D eigenvalue weighted by Gasteiger charge is 2.22. The zero-order chi connectivity index (χ0) is 20.6. The van der Waals surface area contributed by atoms with E-state index < -0.39 is 29.6 Å². The molecule has 0 aromatic carbocycles. The SMILES string of the molecule is Cc1cc(NC(=O)CSCC(=O)OC(C)C(=O)NC(=O)NC(C)(C)C)no1. The fraction of sp³-hybridized carbons (Fsp3) is 0.562. The monoisotopic (exact) mass is 400 g/mol. The molecule has 3 N–H and O–H groups in total. The van der Waals surface area contributed by atoms with E-state index in [1.807, 2.05) is 0 Å². The van der Waals surface area contributed by atoms with Gasteiger partial charge in [0.15, 0.2) is 11.9 Å². The Hall–Kier alpha value is -2.56. The number of nitrogens with one attached hydrogen (secondary N) is 3. The standard InChI is InChI=1S/C16H24N4O6S/c1-9-6-11(20-26-9)17-12(21)7-27-8-13(22)25-10(2)14(23)18-15(24)19-16(3,4)5/h6,10H,7-8H2,1-5H3,(H,17,20,21)(H2,18,19,23,24). The van der Waals surface area contributed by atoms with Crippen LogP contribution in [0.2, 0.25) is 0 Å². The minimum absolute atomic E-state index is 0.00439. The third-order valence-electron chi connectivity index (χ3n) is 2.75. The molecule has 150 valence electrons. The lowest BCUT2D eigenvalue weighted by molar-refractivity contribution is -0.151. The Morgan fingerprint density at radius 2 is 1.93 bits per heavy atom. The zero-order valence-corrected chi connectivity index (χ0v) is 16.7. The van der Waals surface area contributed by atoms with Crippen molar-refractivity contribution in [2.24, 2.45) is 0 Å². The van der Waals surface area contributed by atoms with Crippen molar-refractivity contribution in [1.29, 1.82) is 0 Å². The van der Waals surface area contributed by atoms with Crippen molar-refractivity contribution in [3.05, 3.63) is 11.8 Å². The van der Waals surface area contributed by atoms with Crippen LogP contribution in [0.5, 0.6) is 0 Å². The number of esters is 1. The van der Waals surface area contributed by atoms with Crippen LogP contribution in [-0.4, -0.2) is 52.1 Å². The molecule has 10 nitrogen and oxygen atoms in total. The molecule has 1 aromatic heterocycles. The molecule has 0 fully saturated rings. The van der Waals surface area contributed by atoms with E-state index in [0.29, 0.717) is 11.6 Å². The van der Waals surface area contributed by atoms with E-state index in [4.69, 9.17) is 9.26 Å². The molecule has 0 radical (unpaired) electrons. The number of aryl methyl sites for hydroxylation is 1. The number of carbonyl (C=O) groups excluding carboxylic acids is 4. The molecule has 4 amide bonds. The fourth-order valence-electron chi connectivity index (χ4n) is 1.70. The highest BCUT2D eigenvalue weighted by Crippen LogP contribution is 2.09. The van der Waals surface area contributed by atoms with Crippen molar-refractivity contribution in [3.63, 3.8) is 0 Å². The van der Waals surface area contributed by atoms with E-state index in [0.717, 1.165) is 11.8 Å². The van der Waals surface area contributed by atoms with Crippen LogP contribution < -0.4 is 16.0 Å². The van der Waals surface area contributed by atoms with Gasteiger partial charge in [0, 0.05) is 11.6 Å². The first-order chi connectivity index (χ1) is 12.5. The topological polar surface area (TPSA) is 140 Å². The van der Waals surface area contributed by atoms with Crippen LogP contribution in [0.25, 0.3) is 0 Å². The molecule has 1 rings (SSSR count). The summed E-state index contributed by atoms with van der Waals surface area (Å²) in [6.07, 6.45) is -1.14. The lowest BCUT2D eigenvalue weighted by Crippen LogP contribution is -2.50. The van der Waals surface area contributed by atoms with Crippen LogP contribution >= 0.6 is 11.8 Å². The van der Waals surface area contributed by atoms with Gasteiger partial charge in [-0.05, 0) is 34.6 Å². The number of amides is 4. The average Bonchev–Trinajstić information content (AvgIpc) is 2.89. The lowest BCUT2D eigenvalue weighted by Gasteiger charge is -2.21. The maximum absolute atomic E-state index is 11.8. The second-order valence-electron chi connectivity index (χ2n) is 6.69. The van der Waals surface area contributed by atoms with Crippen molar-refractivity contribution in [2.45, 2.75) is 46.3 Å². The van der Waals surface area contributed by atoms with Gasteiger partial charge in [-0.25, -0.2) is 4.79 Å². The minimum atomic E-state index is -1.14. The Kier molecular flexibility index (Phi) is 8.29. The summed E-state index contributed by atoms with van der Waals surface area (Å²) in [6.45, 7) is 8.33. The fourth-order valence-corrected chi connectivity index (χ4v) is 2.30. The molecule has 0 aliphatic carbocycles. The molecule has 0 bridgehead atoms. The van der Waals surface area contributed by atoms with Gasteiger partial charge >= 0.3 is 12.0 Å². The first-order valence-electron chi connectivity index (χ1n) is 8.09. The van der Waals surface area contributed by atoms with Crippen LogP contribution in [0.15, 0.2) is 10.6 Å². The lowest BCUT2D eigenvalue weighted by atomic mass is 10.1. The molecular weight excluding hydrogens is 376 g/mol. The summed E-state index contributed by atoms with van der Waals surface area (Å²) < 4.78 is 9.75. The normalized spacial score (nSPS) is 12.0. The van der Waals surface area contributed by atoms with E-state index in [9.17, 15) is 19.2 Å². The molecular formula is C16H24N4O6S. The number of nitrogens with zero attached hydrogens (tertiary/aromatic N) is 1. The molecule has 1 heterocycles. The molecule has 11 heteroatoms. The van der Waals surface area contributed by atoms with Crippen molar-refractivity contribution in [1.82, 2.24) is 15.8 Å². The second-order valence-corrected chi connectivity index (χ2v) is 7.67. The van der Waals surface area contributed by atoms with Gasteiger partial charge < -0.3 is 19.9 Å². The quantitative estimate of drug-likeness (QED) is 0.580. The molecule has 0 saturated heterocycles. The van der Waals surface area contributed by atoms with Crippen LogP contribution in [0.1, 0.15) is 33.5 Å². The number of aromatic nitrogens is 1. The predicted molar refractivity (Wildman–Crippen MR) is 99.2 cm³/mol. The molecule has 1 unspecified atom stereocenters. The zero-order valence-electron chi connectivity index (χ0n) is 15.9. The van der Waals surface area contributed by atoms with Crippen molar-refractivity contribution < 1.29 is 28.4 Å². The van der Waals surface area contributed by atoms with E-state index in [2.05, 4.69) is 21.1 Å². The van der Waals surface area contributed by atoms with Crippen molar-refractivity contribution in [2.75, 3.05) is 16.8 Å². The Labute approximate surface area is 161 Å². The van der Waals surface area contributed by atoms with Gasteiger partial charge in [-0.2, -0.15) is 0 Å². The molecule has 0 spiro atoms. The van der Waals surface area contributed by atoms with Crippen LogP contribution in [-0.2, 0) is 19.1 Å². The van der Waals surface area contributed by atoms with Crippen LogP contribution in [0, 0.1) is 6.92 Å².